The Hall–Kier alpha value is -2.64. The van der Waals surface area contributed by atoms with E-state index in [0.717, 1.165) is 0 Å². The number of benzene rings is 2. The summed E-state index contributed by atoms with van der Waals surface area (Å²) in [7, 11) is 0. The zero-order valence-corrected chi connectivity index (χ0v) is 17.1. The van der Waals surface area contributed by atoms with Gasteiger partial charge in [0.05, 0.1) is 0 Å². The summed E-state index contributed by atoms with van der Waals surface area (Å²) in [6.45, 7) is 1.27. The number of amides is 3. The fourth-order valence-electron chi connectivity index (χ4n) is 2.71. The van der Waals surface area contributed by atoms with Gasteiger partial charge in [-0.25, -0.2) is 4.39 Å². The summed E-state index contributed by atoms with van der Waals surface area (Å²) in [5, 5.41) is 5.85. The molecule has 2 rings (SSSR count). The van der Waals surface area contributed by atoms with E-state index in [9.17, 15) is 18.8 Å². The fraction of sp³-hybridized carbons (Fsp3) is 0.250. The number of rotatable bonds is 8. The lowest BCUT2D eigenvalue weighted by molar-refractivity contribution is -0.130. The molecule has 0 aliphatic carbocycles. The van der Waals surface area contributed by atoms with E-state index in [1.165, 1.54) is 37.3 Å². The topological polar surface area (TPSA) is 101 Å². The number of nitrogens with one attached hydrogen (secondary N) is 2. The van der Waals surface area contributed by atoms with E-state index in [1.54, 1.807) is 12.1 Å². The molecule has 3 amide bonds. The molecule has 0 saturated carbocycles. The number of carbonyl (C=O) groups excluding carboxylic acids is 3. The van der Waals surface area contributed by atoms with Crippen molar-refractivity contribution in [1.82, 2.24) is 10.6 Å². The average Bonchev–Trinajstić information content (AvgIpc) is 2.63. The number of halogens is 3. The molecular weight excluding hydrogens is 420 g/mol. The lowest BCUT2D eigenvalue weighted by Crippen LogP contribution is -2.54. The van der Waals surface area contributed by atoms with Crippen molar-refractivity contribution in [2.75, 3.05) is 0 Å². The molecule has 0 spiro atoms. The average molecular weight is 440 g/mol. The van der Waals surface area contributed by atoms with Crippen LogP contribution in [0.5, 0.6) is 0 Å². The minimum Gasteiger partial charge on any atom is -0.368 e. The van der Waals surface area contributed by atoms with Gasteiger partial charge in [-0.1, -0.05) is 41.4 Å². The second kappa shape index (κ2) is 10.2. The summed E-state index contributed by atoms with van der Waals surface area (Å²) in [4.78, 5) is 36.1. The minimum atomic E-state index is -1.05. The van der Waals surface area contributed by atoms with E-state index in [-0.39, 0.29) is 12.8 Å². The van der Waals surface area contributed by atoms with Gasteiger partial charge in [-0.3, -0.25) is 14.4 Å². The third-order valence-corrected chi connectivity index (χ3v) is 4.73. The standard InChI is InChI=1S/C20H20Cl2FN3O3/c1-11(27)25-18(8-12-2-6-15(23)7-3-12)20(29)26-17(19(24)28)9-13-4-5-14(21)10-16(13)22/h2-7,10,17-18H,8-9H2,1H3,(H2,24,28)(H,25,27)(H,26,29)/t17-,18+/m1/s1. The van der Waals surface area contributed by atoms with Crippen LogP contribution in [0.2, 0.25) is 10.0 Å². The molecule has 4 N–H and O–H groups in total. The zero-order chi connectivity index (χ0) is 21.6. The SMILES string of the molecule is CC(=O)N[C@@H](Cc1ccc(F)cc1)C(=O)N[C@H](Cc1ccc(Cl)cc1Cl)C(N)=O. The molecule has 0 aromatic heterocycles. The fourth-order valence-corrected chi connectivity index (χ4v) is 3.20. The van der Waals surface area contributed by atoms with E-state index in [2.05, 4.69) is 10.6 Å². The van der Waals surface area contributed by atoms with Crippen LogP contribution in [0, 0.1) is 5.82 Å². The number of primary amides is 1. The Bertz CT molecular complexity index is 906. The van der Waals surface area contributed by atoms with Gasteiger partial charge in [0.25, 0.3) is 0 Å². The summed E-state index contributed by atoms with van der Waals surface area (Å²) in [5.74, 6) is -2.20. The molecule has 2 aromatic rings. The first-order valence-corrected chi connectivity index (χ1v) is 9.46. The molecular formula is C20H20Cl2FN3O3. The third kappa shape index (κ3) is 7.03. The van der Waals surface area contributed by atoms with Gasteiger partial charge in [-0.2, -0.15) is 0 Å². The monoisotopic (exact) mass is 439 g/mol. The zero-order valence-electron chi connectivity index (χ0n) is 15.5. The molecule has 2 atom stereocenters. The molecule has 2 aromatic carbocycles. The van der Waals surface area contributed by atoms with Crippen molar-refractivity contribution in [2.45, 2.75) is 31.8 Å². The highest BCUT2D eigenvalue weighted by Gasteiger charge is 2.26. The van der Waals surface area contributed by atoms with Gasteiger partial charge in [0.2, 0.25) is 17.7 Å². The van der Waals surface area contributed by atoms with Crippen LogP contribution in [0.15, 0.2) is 42.5 Å². The minimum absolute atomic E-state index is 0.0560. The van der Waals surface area contributed by atoms with Gasteiger partial charge in [0, 0.05) is 29.8 Å². The Balaban J connectivity index is 2.15. The smallest absolute Gasteiger partial charge is 0.243 e. The Morgan fingerprint density at radius 3 is 2.21 bits per heavy atom. The quantitative estimate of drug-likeness (QED) is 0.588. The van der Waals surface area contributed by atoms with Gasteiger partial charge in [-0.15, -0.1) is 0 Å². The lowest BCUT2D eigenvalue weighted by Gasteiger charge is -2.22. The molecule has 0 unspecified atom stereocenters. The summed E-state index contributed by atoms with van der Waals surface area (Å²) in [5.41, 5.74) is 6.65. The molecule has 0 aliphatic rings. The molecule has 29 heavy (non-hydrogen) atoms. The third-order valence-electron chi connectivity index (χ3n) is 4.15. The summed E-state index contributed by atoms with van der Waals surface area (Å²) >= 11 is 12.0. The second-order valence-corrected chi connectivity index (χ2v) is 7.33. The molecule has 0 saturated heterocycles. The molecule has 6 nitrogen and oxygen atoms in total. The van der Waals surface area contributed by atoms with Crippen molar-refractivity contribution in [2.24, 2.45) is 5.73 Å². The predicted molar refractivity (Wildman–Crippen MR) is 109 cm³/mol. The maximum atomic E-state index is 13.1. The molecule has 9 heteroatoms. The first-order chi connectivity index (χ1) is 13.7. The number of nitrogens with two attached hydrogens (primary N) is 1. The van der Waals surface area contributed by atoms with E-state index < -0.39 is 35.6 Å². The maximum absolute atomic E-state index is 13.1. The van der Waals surface area contributed by atoms with E-state index in [1.807, 2.05) is 0 Å². The summed E-state index contributed by atoms with van der Waals surface area (Å²) in [6.07, 6.45) is 0.166. The van der Waals surface area contributed by atoms with E-state index in [0.29, 0.717) is 21.2 Å². The van der Waals surface area contributed by atoms with Gasteiger partial charge in [0.15, 0.2) is 0 Å². The molecule has 0 aliphatic heterocycles. The first kappa shape index (κ1) is 22.6. The number of hydrogen-bond donors (Lipinski definition) is 3. The highest BCUT2D eigenvalue weighted by molar-refractivity contribution is 6.35. The van der Waals surface area contributed by atoms with Crippen LogP contribution in [0.1, 0.15) is 18.1 Å². The molecule has 0 bridgehead atoms. The highest BCUT2D eigenvalue weighted by Crippen LogP contribution is 2.22. The number of hydrogen-bond acceptors (Lipinski definition) is 3. The second-order valence-electron chi connectivity index (χ2n) is 6.49. The Kier molecular flexibility index (Phi) is 7.99. The largest absolute Gasteiger partial charge is 0.368 e. The van der Waals surface area contributed by atoms with Crippen LogP contribution in [-0.4, -0.2) is 29.8 Å². The van der Waals surface area contributed by atoms with Crippen LogP contribution in [-0.2, 0) is 27.2 Å². The number of carbonyl (C=O) groups is 3. The van der Waals surface area contributed by atoms with Crippen molar-refractivity contribution in [3.63, 3.8) is 0 Å². The van der Waals surface area contributed by atoms with Gasteiger partial charge >= 0.3 is 0 Å². The predicted octanol–water partition coefficient (Wildman–Crippen LogP) is 2.39. The van der Waals surface area contributed by atoms with Gasteiger partial charge in [-0.05, 0) is 35.4 Å². The van der Waals surface area contributed by atoms with Crippen molar-refractivity contribution in [1.29, 1.82) is 0 Å². The normalized spacial score (nSPS) is 12.7. The molecule has 0 fully saturated rings. The van der Waals surface area contributed by atoms with Crippen molar-refractivity contribution >= 4 is 40.9 Å². The summed E-state index contributed by atoms with van der Waals surface area (Å²) in [6, 6.07) is 8.28. The van der Waals surface area contributed by atoms with Gasteiger partial charge < -0.3 is 16.4 Å². The van der Waals surface area contributed by atoms with Crippen LogP contribution in [0.25, 0.3) is 0 Å². The molecule has 0 heterocycles. The van der Waals surface area contributed by atoms with E-state index >= 15 is 0 Å². The van der Waals surface area contributed by atoms with Gasteiger partial charge in [0.1, 0.15) is 17.9 Å². The van der Waals surface area contributed by atoms with Crippen LogP contribution < -0.4 is 16.4 Å². The Labute approximate surface area is 177 Å². The highest BCUT2D eigenvalue weighted by atomic mass is 35.5. The van der Waals surface area contributed by atoms with Crippen molar-refractivity contribution in [3.05, 3.63) is 69.5 Å². The van der Waals surface area contributed by atoms with E-state index in [4.69, 9.17) is 28.9 Å². The Morgan fingerprint density at radius 1 is 1.00 bits per heavy atom. The van der Waals surface area contributed by atoms with Crippen LogP contribution >= 0.6 is 23.2 Å². The Morgan fingerprint density at radius 2 is 1.66 bits per heavy atom. The van der Waals surface area contributed by atoms with Crippen molar-refractivity contribution < 1.29 is 18.8 Å². The molecule has 154 valence electrons. The first-order valence-electron chi connectivity index (χ1n) is 8.71. The van der Waals surface area contributed by atoms with Crippen molar-refractivity contribution in [3.8, 4) is 0 Å². The van der Waals surface area contributed by atoms with Crippen LogP contribution in [0.3, 0.4) is 0 Å². The summed E-state index contributed by atoms with van der Waals surface area (Å²) < 4.78 is 13.1. The lowest BCUT2D eigenvalue weighted by atomic mass is 10.0. The maximum Gasteiger partial charge on any atom is 0.243 e. The molecule has 0 radical (unpaired) electrons. The van der Waals surface area contributed by atoms with Crippen LogP contribution in [0.4, 0.5) is 4.39 Å².